The van der Waals surface area contributed by atoms with E-state index < -0.39 is 0 Å². The number of benzene rings is 3. The Labute approximate surface area is 126 Å². The van der Waals surface area contributed by atoms with Crippen LogP contribution in [-0.2, 0) is 0 Å². The number of hydrogen-bond acceptors (Lipinski definition) is 2. The summed E-state index contributed by atoms with van der Waals surface area (Å²) in [5, 5.41) is 9.66. The first kappa shape index (κ1) is 13.6. The largest absolute Gasteiger partial charge is 0.384 e. The summed E-state index contributed by atoms with van der Waals surface area (Å²) in [4.78, 5) is 2.03. The van der Waals surface area contributed by atoms with Crippen molar-refractivity contribution in [1.29, 1.82) is 5.41 Å². The van der Waals surface area contributed by atoms with Crippen LogP contribution in [0, 0.1) is 11.2 Å². The van der Waals surface area contributed by atoms with Crippen LogP contribution in [0.3, 0.4) is 0 Å². The topological polar surface area (TPSA) is 49.9 Å². The van der Waals surface area contributed by atoms with E-state index in [0.29, 0.717) is 0 Å². The lowest BCUT2D eigenvalue weighted by Gasteiger charge is -2.10. The highest BCUT2D eigenvalue weighted by Crippen LogP contribution is 2.34. The molecule has 3 rings (SSSR count). The van der Waals surface area contributed by atoms with Crippen molar-refractivity contribution in [2.75, 3.05) is 0 Å². The molecule has 0 aliphatic rings. The molecule has 0 fully saturated rings. The van der Waals surface area contributed by atoms with Crippen molar-refractivity contribution in [3.05, 3.63) is 72.0 Å². The fourth-order valence-electron chi connectivity index (χ4n) is 2.22. The van der Waals surface area contributed by atoms with Gasteiger partial charge in [-0.05, 0) is 47.2 Å². The maximum atomic E-state index is 13.0. The number of hydrogen-bond donors (Lipinski definition) is 2. The standard InChI is InChI=1S/C17H13FN2S/c18-11-5-7-12(8-6-11)21-16-10-9-15(17(19)20)13-3-1-2-4-14(13)16/h1-10H,(H3,19,20). The molecule has 0 bridgehead atoms. The number of nitrogen functional groups attached to an aromatic ring is 1. The van der Waals surface area contributed by atoms with Gasteiger partial charge in [-0.15, -0.1) is 0 Å². The molecule has 0 aromatic heterocycles. The Hall–Kier alpha value is -2.33. The van der Waals surface area contributed by atoms with Crippen LogP contribution in [0.2, 0.25) is 0 Å². The first-order valence-corrected chi connectivity index (χ1v) is 7.26. The van der Waals surface area contributed by atoms with Crippen LogP contribution in [0.15, 0.2) is 70.5 Å². The number of nitrogens with one attached hydrogen (secondary N) is 1. The van der Waals surface area contributed by atoms with Crippen LogP contribution in [-0.4, -0.2) is 5.84 Å². The van der Waals surface area contributed by atoms with Crippen molar-refractivity contribution in [2.45, 2.75) is 9.79 Å². The third kappa shape index (κ3) is 2.76. The van der Waals surface area contributed by atoms with E-state index in [4.69, 9.17) is 11.1 Å². The molecule has 0 saturated carbocycles. The molecule has 0 atom stereocenters. The summed E-state index contributed by atoms with van der Waals surface area (Å²) in [5.74, 6) is -0.180. The van der Waals surface area contributed by atoms with E-state index in [9.17, 15) is 4.39 Å². The Morgan fingerprint density at radius 2 is 1.57 bits per heavy atom. The van der Waals surface area contributed by atoms with Crippen molar-refractivity contribution < 1.29 is 4.39 Å². The van der Waals surface area contributed by atoms with Crippen molar-refractivity contribution in [3.8, 4) is 0 Å². The van der Waals surface area contributed by atoms with Gasteiger partial charge in [0, 0.05) is 15.4 Å². The molecule has 104 valence electrons. The molecular formula is C17H13FN2S. The number of fused-ring (bicyclic) bond motifs is 1. The molecule has 3 N–H and O–H groups in total. The van der Waals surface area contributed by atoms with Crippen LogP contribution in [0.25, 0.3) is 10.8 Å². The number of nitrogens with two attached hydrogens (primary N) is 1. The molecule has 0 saturated heterocycles. The van der Waals surface area contributed by atoms with E-state index in [1.54, 1.807) is 23.9 Å². The van der Waals surface area contributed by atoms with Gasteiger partial charge in [0.25, 0.3) is 0 Å². The predicted octanol–water partition coefficient (Wildman–Crippen LogP) is 4.41. The monoisotopic (exact) mass is 296 g/mol. The summed E-state index contributed by atoms with van der Waals surface area (Å²) in [5.41, 5.74) is 6.36. The van der Waals surface area contributed by atoms with Crippen LogP contribution < -0.4 is 5.73 Å². The number of amidine groups is 1. The highest BCUT2D eigenvalue weighted by atomic mass is 32.2. The van der Waals surface area contributed by atoms with Crippen LogP contribution in [0.1, 0.15) is 5.56 Å². The Morgan fingerprint density at radius 3 is 2.24 bits per heavy atom. The third-order valence-corrected chi connectivity index (χ3v) is 4.30. The minimum absolute atomic E-state index is 0.0598. The summed E-state index contributed by atoms with van der Waals surface area (Å²) in [7, 11) is 0. The lowest BCUT2D eigenvalue weighted by Crippen LogP contribution is -2.11. The maximum Gasteiger partial charge on any atom is 0.123 e. The van der Waals surface area contributed by atoms with E-state index in [0.717, 1.165) is 26.1 Å². The van der Waals surface area contributed by atoms with Crippen molar-refractivity contribution in [3.63, 3.8) is 0 Å². The minimum atomic E-state index is -0.240. The van der Waals surface area contributed by atoms with Crippen molar-refractivity contribution >= 4 is 28.4 Å². The summed E-state index contributed by atoms with van der Waals surface area (Å²) in [6.45, 7) is 0. The molecule has 0 amide bonds. The first-order chi connectivity index (χ1) is 10.1. The van der Waals surface area contributed by atoms with Gasteiger partial charge in [0.1, 0.15) is 11.7 Å². The van der Waals surface area contributed by atoms with Gasteiger partial charge in [-0.25, -0.2) is 4.39 Å². The van der Waals surface area contributed by atoms with Gasteiger partial charge in [-0.2, -0.15) is 0 Å². The zero-order valence-corrected chi connectivity index (χ0v) is 12.0. The molecule has 0 radical (unpaired) electrons. The maximum absolute atomic E-state index is 13.0. The SMILES string of the molecule is N=C(N)c1ccc(Sc2ccc(F)cc2)c2ccccc12. The quantitative estimate of drug-likeness (QED) is 0.555. The van der Waals surface area contributed by atoms with Crippen LogP contribution in [0.4, 0.5) is 4.39 Å². The van der Waals surface area contributed by atoms with E-state index >= 15 is 0 Å². The second-order valence-corrected chi connectivity index (χ2v) is 5.74. The van der Waals surface area contributed by atoms with E-state index in [1.165, 1.54) is 12.1 Å². The smallest absolute Gasteiger partial charge is 0.123 e. The van der Waals surface area contributed by atoms with Crippen LogP contribution >= 0.6 is 11.8 Å². The van der Waals surface area contributed by atoms with Gasteiger partial charge in [-0.3, -0.25) is 5.41 Å². The van der Waals surface area contributed by atoms with Gasteiger partial charge < -0.3 is 5.73 Å². The van der Waals surface area contributed by atoms with E-state index in [-0.39, 0.29) is 11.7 Å². The summed E-state index contributed by atoms with van der Waals surface area (Å²) >= 11 is 1.57. The van der Waals surface area contributed by atoms with Gasteiger partial charge in [-0.1, -0.05) is 36.0 Å². The highest BCUT2D eigenvalue weighted by molar-refractivity contribution is 7.99. The molecule has 2 nitrogen and oxygen atoms in total. The molecule has 0 aliphatic carbocycles. The second kappa shape index (κ2) is 5.58. The van der Waals surface area contributed by atoms with Crippen LogP contribution in [0.5, 0.6) is 0 Å². The average molecular weight is 296 g/mol. The van der Waals surface area contributed by atoms with Gasteiger partial charge in [0.05, 0.1) is 0 Å². The zero-order chi connectivity index (χ0) is 14.8. The van der Waals surface area contributed by atoms with Crippen molar-refractivity contribution in [1.82, 2.24) is 0 Å². The molecule has 21 heavy (non-hydrogen) atoms. The second-order valence-electron chi connectivity index (χ2n) is 4.63. The fraction of sp³-hybridized carbons (Fsp3) is 0. The lowest BCUT2D eigenvalue weighted by atomic mass is 10.0. The zero-order valence-electron chi connectivity index (χ0n) is 11.1. The van der Waals surface area contributed by atoms with Gasteiger partial charge >= 0.3 is 0 Å². The summed E-state index contributed by atoms with van der Waals surface area (Å²) in [6.07, 6.45) is 0. The number of halogens is 1. The van der Waals surface area contributed by atoms with Crippen molar-refractivity contribution in [2.24, 2.45) is 5.73 Å². The Balaban J connectivity index is 2.09. The first-order valence-electron chi connectivity index (χ1n) is 6.45. The highest BCUT2D eigenvalue weighted by Gasteiger charge is 2.08. The van der Waals surface area contributed by atoms with Gasteiger partial charge in [0.15, 0.2) is 0 Å². The molecular weight excluding hydrogens is 283 g/mol. The normalized spacial score (nSPS) is 10.7. The van der Waals surface area contributed by atoms with Gasteiger partial charge in [0.2, 0.25) is 0 Å². The lowest BCUT2D eigenvalue weighted by molar-refractivity contribution is 0.626. The van der Waals surface area contributed by atoms with E-state index in [1.807, 2.05) is 36.4 Å². The average Bonchev–Trinajstić information content (AvgIpc) is 2.49. The molecule has 0 aliphatic heterocycles. The molecule has 0 spiro atoms. The summed E-state index contributed by atoms with van der Waals surface area (Å²) in [6, 6.07) is 18.1. The molecule has 0 heterocycles. The summed E-state index contributed by atoms with van der Waals surface area (Å²) < 4.78 is 13.0. The Kier molecular flexibility index (Phi) is 3.62. The molecule has 0 unspecified atom stereocenters. The molecule has 3 aromatic carbocycles. The molecule has 4 heteroatoms. The third-order valence-electron chi connectivity index (χ3n) is 3.22. The predicted molar refractivity (Wildman–Crippen MR) is 85.5 cm³/mol. The van der Waals surface area contributed by atoms with E-state index in [2.05, 4.69) is 0 Å². The number of rotatable bonds is 3. The molecule has 3 aromatic rings. The Bertz CT molecular complexity index is 813. The Morgan fingerprint density at radius 1 is 0.905 bits per heavy atom. The minimum Gasteiger partial charge on any atom is -0.384 e. The fourth-order valence-corrected chi connectivity index (χ4v) is 3.18.